The molecule has 0 spiro atoms. The Kier molecular flexibility index (Phi) is 2.33. The molecule has 0 fully saturated rings. The minimum absolute atomic E-state index is 0.253. The smallest absolute Gasteiger partial charge is 0.439 e. The van der Waals surface area contributed by atoms with Crippen LogP contribution in [0.3, 0.4) is 0 Å². The van der Waals surface area contributed by atoms with Crippen molar-refractivity contribution in [1.29, 1.82) is 0 Å². The maximum atomic E-state index is 12.3. The number of hydrogen-bond donors (Lipinski definition) is 0. The van der Waals surface area contributed by atoms with Gasteiger partial charge in [-0.1, -0.05) is 12.1 Å². The van der Waals surface area contributed by atoms with Crippen molar-refractivity contribution in [2.45, 2.75) is 6.18 Å². The molecule has 0 bridgehead atoms. The first-order chi connectivity index (χ1) is 7.76. The molecule has 0 saturated carbocycles. The van der Waals surface area contributed by atoms with Crippen LogP contribution < -0.4 is 4.65 Å². The summed E-state index contributed by atoms with van der Waals surface area (Å²) in [5.41, 5.74) is -0.698. The van der Waals surface area contributed by atoms with Gasteiger partial charge in [0.25, 0.3) is 5.78 Å². The number of carbonyl (C=O) groups excluding carboxylic acids is 2. The van der Waals surface area contributed by atoms with Gasteiger partial charge in [-0.3, -0.25) is 4.79 Å². The molecule has 1 unspecified atom stereocenters. The Hall–Kier alpha value is -1.73. The summed E-state index contributed by atoms with van der Waals surface area (Å²) in [6, 6.07) is 4.93. The van der Waals surface area contributed by atoms with E-state index in [-0.39, 0.29) is 5.56 Å². The first-order valence-electron chi connectivity index (χ1n) is 4.60. The van der Waals surface area contributed by atoms with Crippen LogP contribution in [0.2, 0.25) is 0 Å². The summed E-state index contributed by atoms with van der Waals surface area (Å²) in [5, 5.41) is 11.9. The summed E-state index contributed by atoms with van der Waals surface area (Å²) < 4.78 is 34.5. The van der Waals surface area contributed by atoms with Gasteiger partial charge >= 0.3 is 12.1 Å². The lowest BCUT2D eigenvalue weighted by atomic mass is 10.1. The average Bonchev–Trinajstić information content (AvgIpc) is 2.40. The van der Waals surface area contributed by atoms with Gasteiger partial charge in [-0.05, 0) is 6.07 Å². The molecule has 0 aromatic heterocycles. The summed E-state index contributed by atoms with van der Waals surface area (Å²) in [6.07, 6.45) is -4.82. The zero-order valence-corrected chi connectivity index (χ0v) is 8.32. The largest absolute Gasteiger partial charge is 0.619 e. The number of quaternary nitrogens is 1. The third-order valence-corrected chi connectivity index (χ3v) is 2.46. The SMILES string of the molecule is O=C1C(=O)[N+]([O-])(CC(F)(F)F)c2ccccc21. The van der Waals surface area contributed by atoms with Crippen molar-refractivity contribution in [2.75, 3.05) is 6.54 Å². The number of benzene rings is 1. The van der Waals surface area contributed by atoms with Crippen LogP contribution in [0.1, 0.15) is 10.4 Å². The lowest BCUT2D eigenvalue weighted by Crippen LogP contribution is -2.53. The monoisotopic (exact) mass is 245 g/mol. The molecule has 90 valence electrons. The lowest BCUT2D eigenvalue weighted by Gasteiger charge is -2.34. The summed E-state index contributed by atoms with van der Waals surface area (Å²) >= 11 is 0. The maximum absolute atomic E-state index is 12.3. The fraction of sp³-hybridized carbons (Fsp3) is 0.200. The fourth-order valence-corrected chi connectivity index (χ4v) is 1.78. The van der Waals surface area contributed by atoms with E-state index in [9.17, 15) is 28.0 Å². The van der Waals surface area contributed by atoms with E-state index < -0.39 is 34.7 Å². The van der Waals surface area contributed by atoms with E-state index in [1.165, 1.54) is 18.2 Å². The maximum Gasteiger partial charge on any atom is 0.439 e. The number of rotatable bonds is 1. The molecule has 2 rings (SSSR count). The molecule has 4 nitrogen and oxygen atoms in total. The van der Waals surface area contributed by atoms with Crippen molar-refractivity contribution in [2.24, 2.45) is 0 Å². The Morgan fingerprint density at radius 2 is 1.76 bits per heavy atom. The second-order valence-electron chi connectivity index (χ2n) is 3.66. The zero-order chi connectivity index (χ0) is 12.8. The van der Waals surface area contributed by atoms with Gasteiger partial charge in [-0.2, -0.15) is 13.2 Å². The average molecular weight is 245 g/mol. The lowest BCUT2D eigenvalue weighted by molar-refractivity contribution is -0.150. The summed E-state index contributed by atoms with van der Waals surface area (Å²) in [6.45, 7) is -1.92. The van der Waals surface area contributed by atoms with Gasteiger partial charge in [0, 0.05) is 6.07 Å². The molecule has 0 N–H and O–H groups in total. The van der Waals surface area contributed by atoms with Crippen LogP contribution in [0, 0.1) is 5.21 Å². The standard InChI is InChI=1S/C10H6F3NO3/c11-10(12,13)5-14(17)7-4-2-1-3-6(7)8(15)9(14)16/h1-4H,5H2. The van der Waals surface area contributed by atoms with Crippen molar-refractivity contribution in [3.63, 3.8) is 0 Å². The van der Waals surface area contributed by atoms with E-state index in [1.54, 1.807) is 0 Å². The molecule has 1 aromatic rings. The molecule has 1 heterocycles. The Morgan fingerprint density at radius 3 is 2.35 bits per heavy atom. The van der Waals surface area contributed by atoms with E-state index in [4.69, 9.17) is 0 Å². The van der Waals surface area contributed by atoms with Crippen LogP contribution in [0.25, 0.3) is 0 Å². The minimum atomic E-state index is -4.82. The molecule has 0 radical (unpaired) electrons. The third-order valence-electron chi connectivity index (χ3n) is 2.46. The van der Waals surface area contributed by atoms with E-state index in [0.29, 0.717) is 0 Å². The van der Waals surface area contributed by atoms with Crippen LogP contribution in [0.15, 0.2) is 24.3 Å². The number of ketones is 1. The van der Waals surface area contributed by atoms with E-state index in [0.717, 1.165) is 6.07 Å². The molecule has 0 aliphatic carbocycles. The molecule has 0 saturated heterocycles. The molecule has 17 heavy (non-hydrogen) atoms. The Labute approximate surface area is 93.4 Å². The highest BCUT2D eigenvalue weighted by Gasteiger charge is 2.52. The number of hydroxylamine groups is 2. The van der Waals surface area contributed by atoms with Gasteiger partial charge in [-0.15, -0.1) is 0 Å². The van der Waals surface area contributed by atoms with Gasteiger partial charge in [0.2, 0.25) is 0 Å². The molecule has 1 aliphatic heterocycles. The molecular formula is C10H6F3NO3. The molecule has 1 aliphatic rings. The Bertz CT molecular complexity index is 512. The van der Waals surface area contributed by atoms with Gasteiger partial charge in [-0.25, -0.2) is 9.44 Å². The summed E-state index contributed by atoms with van der Waals surface area (Å²) in [7, 11) is 0. The topological polar surface area (TPSA) is 57.2 Å². The van der Waals surface area contributed by atoms with Crippen LogP contribution in [0.5, 0.6) is 0 Å². The molecular weight excluding hydrogens is 239 g/mol. The van der Waals surface area contributed by atoms with Crippen LogP contribution in [0.4, 0.5) is 18.9 Å². The molecule has 1 aromatic carbocycles. The molecule has 7 heteroatoms. The number of alkyl halides is 3. The second kappa shape index (κ2) is 3.38. The van der Waals surface area contributed by atoms with E-state index in [1.807, 2.05) is 0 Å². The van der Waals surface area contributed by atoms with Crippen molar-refractivity contribution >= 4 is 17.4 Å². The molecule has 1 atom stereocenters. The fourth-order valence-electron chi connectivity index (χ4n) is 1.78. The number of halogens is 3. The number of para-hydroxylation sites is 1. The van der Waals surface area contributed by atoms with Crippen molar-refractivity contribution < 1.29 is 22.8 Å². The predicted molar refractivity (Wildman–Crippen MR) is 51.9 cm³/mol. The van der Waals surface area contributed by atoms with Crippen LogP contribution in [-0.4, -0.2) is 24.4 Å². The highest BCUT2D eigenvalue weighted by molar-refractivity contribution is 6.50. The third kappa shape index (κ3) is 1.73. The predicted octanol–water partition coefficient (Wildman–Crippen LogP) is 1.78. The van der Waals surface area contributed by atoms with Crippen LogP contribution in [-0.2, 0) is 4.79 Å². The number of carbonyl (C=O) groups is 2. The van der Waals surface area contributed by atoms with Gasteiger partial charge in [0.05, 0.1) is 5.56 Å². The minimum Gasteiger partial charge on any atom is -0.619 e. The highest BCUT2D eigenvalue weighted by Crippen LogP contribution is 2.37. The van der Waals surface area contributed by atoms with E-state index >= 15 is 0 Å². The number of Topliss-reactive ketones (excluding diaryl/α,β-unsaturated/α-hetero) is 1. The normalized spacial score (nSPS) is 24.0. The number of nitrogens with zero attached hydrogens (tertiary/aromatic N) is 1. The molecule has 1 amide bonds. The first-order valence-corrected chi connectivity index (χ1v) is 4.60. The highest BCUT2D eigenvalue weighted by atomic mass is 19.4. The van der Waals surface area contributed by atoms with E-state index in [2.05, 4.69) is 0 Å². The Balaban J connectivity index is 2.56. The van der Waals surface area contributed by atoms with Gasteiger partial charge in [0.15, 0.2) is 12.2 Å². The number of amides is 1. The number of hydrogen-bond acceptors (Lipinski definition) is 3. The summed E-state index contributed by atoms with van der Waals surface area (Å²) in [4.78, 5) is 22.7. The number of fused-ring (bicyclic) bond motifs is 1. The first kappa shape index (κ1) is 11.7. The quantitative estimate of drug-likeness (QED) is 0.430. The van der Waals surface area contributed by atoms with Crippen molar-refractivity contribution in [1.82, 2.24) is 4.65 Å². The van der Waals surface area contributed by atoms with Gasteiger partial charge in [0.1, 0.15) is 0 Å². The summed E-state index contributed by atoms with van der Waals surface area (Å²) in [5.74, 6) is -2.76. The van der Waals surface area contributed by atoms with Crippen LogP contribution >= 0.6 is 0 Å². The second-order valence-corrected chi connectivity index (χ2v) is 3.66. The van der Waals surface area contributed by atoms with Crippen molar-refractivity contribution in [3.05, 3.63) is 35.0 Å². The zero-order valence-electron chi connectivity index (χ0n) is 8.32. The van der Waals surface area contributed by atoms with Crippen molar-refractivity contribution in [3.8, 4) is 0 Å². The van der Waals surface area contributed by atoms with Gasteiger partial charge < -0.3 is 5.21 Å². The Morgan fingerprint density at radius 1 is 1.18 bits per heavy atom.